The Labute approximate surface area is 147 Å². The van der Waals surface area contributed by atoms with Crippen LogP contribution in [0.4, 0.5) is 16.5 Å². The van der Waals surface area contributed by atoms with Gasteiger partial charge in [-0.15, -0.1) is 0 Å². The Balaban J connectivity index is 1.82. The molecular formula is C17H16N4O3S. The number of amides is 2. The Bertz CT molecular complexity index is 968. The molecule has 1 heterocycles. The molecule has 25 heavy (non-hydrogen) atoms. The molecule has 2 amide bonds. The van der Waals surface area contributed by atoms with Crippen LogP contribution < -0.4 is 21.1 Å². The van der Waals surface area contributed by atoms with Crippen LogP contribution in [0.1, 0.15) is 17.3 Å². The number of thiazole rings is 1. The first-order valence-corrected chi connectivity index (χ1v) is 8.21. The molecule has 0 fully saturated rings. The monoisotopic (exact) mass is 356 g/mol. The lowest BCUT2D eigenvalue weighted by atomic mass is 10.1. The van der Waals surface area contributed by atoms with E-state index in [0.717, 1.165) is 10.2 Å². The molecule has 0 aliphatic carbocycles. The highest BCUT2D eigenvalue weighted by Crippen LogP contribution is 2.29. The number of nitrogens with one attached hydrogen (secondary N) is 2. The van der Waals surface area contributed by atoms with E-state index in [1.165, 1.54) is 25.4 Å². The van der Waals surface area contributed by atoms with Gasteiger partial charge in [0.05, 0.1) is 22.9 Å². The topological polar surface area (TPSA) is 106 Å². The van der Waals surface area contributed by atoms with Crippen molar-refractivity contribution in [1.82, 2.24) is 4.98 Å². The van der Waals surface area contributed by atoms with Crippen molar-refractivity contribution in [3.05, 3.63) is 42.0 Å². The minimum atomic E-state index is -0.346. The minimum absolute atomic E-state index is 0.146. The summed E-state index contributed by atoms with van der Waals surface area (Å²) < 4.78 is 5.93. The Morgan fingerprint density at radius 3 is 2.64 bits per heavy atom. The minimum Gasteiger partial charge on any atom is -0.497 e. The van der Waals surface area contributed by atoms with E-state index < -0.39 is 0 Å². The molecule has 128 valence electrons. The number of rotatable bonds is 4. The van der Waals surface area contributed by atoms with Crippen molar-refractivity contribution in [2.45, 2.75) is 6.92 Å². The average molecular weight is 356 g/mol. The number of nitrogens with zero attached hydrogens (tertiary/aromatic N) is 1. The number of methoxy groups -OCH3 is 1. The van der Waals surface area contributed by atoms with Crippen LogP contribution in [0.15, 0.2) is 36.4 Å². The summed E-state index contributed by atoms with van der Waals surface area (Å²) in [6.45, 7) is 1.45. The molecule has 1 aromatic heterocycles. The molecule has 8 heteroatoms. The molecule has 0 saturated heterocycles. The Hall–Kier alpha value is -3.13. The van der Waals surface area contributed by atoms with Crippen LogP contribution in [0.2, 0.25) is 0 Å². The molecule has 0 aliphatic heterocycles. The fourth-order valence-electron chi connectivity index (χ4n) is 2.30. The third kappa shape index (κ3) is 3.69. The largest absolute Gasteiger partial charge is 0.497 e. The van der Waals surface area contributed by atoms with E-state index in [0.29, 0.717) is 27.8 Å². The van der Waals surface area contributed by atoms with Gasteiger partial charge in [0.15, 0.2) is 5.13 Å². The molecule has 0 radical (unpaired) electrons. The van der Waals surface area contributed by atoms with Crippen LogP contribution in [0, 0.1) is 0 Å². The molecule has 4 N–H and O–H groups in total. The Kier molecular flexibility index (Phi) is 4.53. The summed E-state index contributed by atoms with van der Waals surface area (Å²) in [6.07, 6.45) is 0. The van der Waals surface area contributed by atoms with E-state index in [4.69, 9.17) is 10.5 Å². The molecule has 0 bridgehead atoms. The molecular weight excluding hydrogens is 340 g/mol. The molecule has 0 unspecified atom stereocenters. The van der Waals surface area contributed by atoms with E-state index in [1.54, 1.807) is 30.3 Å². The summed E-state index contributed by atoms with van der Waals surface area (Å²) in [5.41, 5.74) is 7.98. The fraction of sp³-hybridized carbons (Fsp3) is 0.118. The second-order valence-electron chi connectivity index (χ2n) is 5.29. The molecule has 7 nitrogen and oxygen atoms in total. The second-order valence-corrected chi connectivity index (χ2v) is 6.32. The van der Waals surface area contributed by atoms with Gasteiger partial charge in [0.25, 0.3) is 5.91 Å². The third-order valence-corrected chi connectivity index (χ3v) is 4.37. The highest BCUT2D eigenvalue weighted by molar-refractivity contribution is 7.22. The Morgan fingerprint density at radius 2 is 1.96 bits per heavy atom. The number of hydrogen-bond acceptors (Lipinski definition) is 6. The molecule has 3 rings (SSSR count). The van der Waals surface area contributed by atoms with Crippen LogP contribution in [-0.2, 0) is 4.79 Å². The van der Waals surface area contributed by atoms with E-state index >= 15 is 0 Å². The molecule has 3 aromatic rings. The van der Waals surface area contributed by atoms with Crippen molar-refractivity contribution in [1.29, 1.82) is 0 Å². The fourth-order valence-corrected chi connectivity index (χ4v) is 3.20. The van der Waals surface area contributed by atoms with Gasteiger partial charge < -0.3 is 15.8 Å². The zero-order valence-electron chi connectivity index (χ0n) is 13.6. The van der Waals surface area contributed by atoms with E-state index in [2.05, 4.69) is 15.6 Å². The van der Waals surface area contributed by atoms with E-state index in [9.17, 15) is 9.59 Å². The maximum atomic E-state index is 12.4. The predicted molar refractivity (Wildman–Crippen MR) is 99.3 cm³/mol. The maximum absolute atomic E-state index is 12.4. The zero-order valence-corrected chi connectivity index (χ0v) is 14.4. The first-order valence-electron chi connectivity index (χ1n) is 7.39. The summed E-state index contributed by atoms with van der Waals surface area (Å²) in [4.78, 5) is 27.9. The quantitative estimate of drug-likeness (QED) is 0.623. The molecule has 0 atom stereocenters. The Morgan fingerprint density at radius 1 is 1.16 bits per heavy atom. The van der Waals surface area contributed by atoms with Crippen molar-refractivity contribution in [2.75, 3.05) is 23.5 Å². The summed E-state index contributed by atoms with van der Waals surface area (Å²) >= 11 is 1.32. The van der Waals surface area contributed by atoms with Crippen molar-refractivity contribution >= 4 is 49.9 Å². The van der Waals surface area contributed by atoms with Crippen LogP contribution >= 0.6 is 11.3 Å². The van der Waals surface area contributed by atoms with Crippen molar-refractivity contribution in [3.63, 3.8) is 0 Å². The summed E-state index contributed by atoms with van der Waals surface area (Å²) in [6, 6.07) is 10.2. The van der Waals surface area contributed by atoms with Crippen LogP contribution in [0.5, 0.6) is 5.75 Å². The molecule has 2 aromatic carbocycles. The normalized spacial score (nSPS) is 10.5. The number of carbonyl (C=O) groups excluding carboxylic acids is 2. The zero-order chi connectivity index (χ0) is 18.0. The second kappa shape index (κ2) is 6.78. The van der Waals surface area contributed by atoms with Crippen molar-refractivity contribution in [3.8, 4) is 5.75 Å². The van der Waals surface area contributed by atoms with Crippen LogP contribution in [-0.4, -0.2) is 23.9 Å². The van der Waals surface area contributed by atoms with E-state index in [1.807, 2.05) is 6.07 Å². The molecule has 0 spiro atoms. The number of nitrogens with two attached hydrogens (primary N) is 1. The lowest BCUT2D eigenvalue weighted by Gasteiger charge is -2.07. The van der Waals surface area contributed by atoms with E-state index in [-0.39, 0.29) is 11.8 Å². The van der Waals surface area contributed by atoms with Gasteiger partial charge in [0.2, 0.25) is 5.91 Å². The smallest absolute Gasteiger partial charge is 0.259 e. The number of nitrogen functional groups attached to an aromatic ring is 1. The van der Waals surface area contributed by atoms with Gasteiger partial charge in [-0.3, -0.25) is 14.9 Å². The number of ether oxygens (including phenoxy) is 1. The first kappa shape index (κ1) is 16.7. The average Bonchev–Trinajstić information content (AvgIpc) is 2.95. The standard InChI is InChI=1S/C17H16N4O3S/c1-9(22)19-10-3-6-14-15(7-10)25-17(20-14)21-16(23)12-5-4-11(24-2)8-13(12)18/h3-8H,18H2,1-2H3,(H,19,22)(H,20,21,23). The summed E-state index contributed by atoms with van der Waals surface area (Å²) in [5, 5.41) is 5.92. The van der Waals surface area contributed by atoms with Gasteiger partial charge in [-0.05, 0) is 30.3 Å². The predicted octanol–water partition coefficient (Wildman–Crippen LogP) is 3.10. The van der Waals surface area contributed by atoms with Crippen molar-refractivity contribution < 1.29 is 14.3 Å². The number of hydrogen-bond donors (Lipinski definition) is 3. The SMILES string of the molecule is COc1ccc(C(=O)Nc2nc3ccc(NC(C)=O)cc3s2)c(N)c1. The number of fused-ring (bicyclic) bond motifs is 1. The van der Waals surface area contributed by atoms with Gasteiger partial charge >= 0.3 is 0 Å². The van der Waals surface area contributed by atoms with Gasteiger partial charge in [-0.1, -0.05) is 11.3 Å². The summed E-state index contributed by atoms with van der Waals surface area (Å²) in [7, 11) is 1.53. The van der Waals surface area contributed by atoms with Gasteiger partial charge in [-0.2, -0.15) is 0 Å². The van der Waals surface area contributed by atoms with Gasteiger partial charge in [0.1, 0.15) is 5.75 Å². The lowest BCUT2D eigenvalue weighted by molar-refractivity contribution is -0.114. The van der Waals surface area contributed by atoms with Gasteiger partial charge in [0, 0.05) is 24.4 Å². The highest BCUT2D eigenvalue weighted by atomic mass is 32.1. The van der Waals surface area contributed by atoms with Crippen LogP contribution in [0.25, 0.3) is 10.2 Å². The third-order valence-electron chi connectivity index (χ3n) is 3.43. The molecule has 0 saturated carbocycles. The van der Waals surface area contributed by atoms with Gasteiger partial charge in [-0.25, -0.2) is 4.98 Å². The first-order chi connectivity index (χ1) is 12.0. The lowest BCUT2D eigenvalue weighted by Crippen LogP contribution is -2.13. The maximum Gasteiger partial charge on any atom is 0.259 e. The number of benzene rings is 2. The highest BCUT2D eigenvalue weighted by Gasteiger charge is 2.13. The molecule has 0 aliphatic rings. The number of carbonyl (C=O) groups is 2. The number of anilines is 3. The number of aromatic nitrogens is 1. The van der Waals surface area contributed by atoms with Crippen molar-refractivity contribution in [2.24, 2.45) is 0 Å². The summed E-state index contributed by atoms with van der Waals surface area (Å²) in [5.74, 6) is 0.0909. The van der Waals surface area contributed by atoms with Crippen LogP contribution in [0.3, 0.4) is 0 Å².